The number of pyridine rings is 1. The van der Waals surface area contributed by atoms with Gasteiger partial charge in [-0.15, -0.1) is 6.42 Å². The lowest BCUT2D eigenvalue weighted by atomic mass is 10.2. The van der Waals surface area contributed by atoms with Crippen molar-refractivity contribution < 1.29 is 4.79 Å². The van der Waals surface area contributed by atoms with E-state index in [9.17, 15) is 9.59 Å². The number of nitrogens with zero attached hydrogens (tertiary/aromatic N) is 1. The van der Waals surface area contributed by atoms with Gasteiger partial charge < -0.3 is 9.88 Å². The van der Waals surface area contributed by atoms with Crippen LogP contribution in [-0.2, 0) is 0 Å². The van der Waals surface area contributed by atoms with Crippen LogP contribution in [0.25, 0.3) is 0 Å². The summed E-state index contributed by atoms with van der Waals surface area (Å²) in [7, 11) is 0. The second-order valence-corrected chi connectivity index (χ2v) is 4.72. The number of terminal acetylenes is 1. The molecule has 0 radical (unpaired) electrons. The van der Waals surface area contributed by atoms with Crippen LogP contribution in [0, 0.1) is 25.2 Å². The van der Waals surface area contributed by atoms with E-state index in [0.29, 0.717) is 12.5 Å². The minimum absolute atomic E-state index is 0.163. The van der Waals surface area contributed by atoms with E-state index in [4.69, 9.17) is 6.42 Å². The Kier molecular flexibility index (Phi) is 3.52. The maximum absolute atomic E-state index is 12.2. The van der Waals surface area contributed by atoms with Gasteiger partial charge in [-0.05, 0) is 37.8 Å². The lowest BCUT2D eigenvalue weighted by molar-refractivity contribution is 0.0768. The van der Waals surface area contributed by atoms with Crippen molar-refractivity contribution in [3.05, 3.63) is 33.7 Å². The highest BCUT2D eigenvalue weighted by atomic mass is 16.2. The summed E-state index contributed by atoms with van der Waals surface area (Å²) in [4.78, 5) is 28.2. The number of H-pyrrole nitrogens is 1. The zero-order valence-electron chi connectivity index (χ0n) is 10.4. The molecule has 0 aromatic carbocycles. The van der Waals surface area contributed by atoms with E-state index in [-0.39, 0.29) is 23.6 Å². The number of hydrogen-bond donors (Lipinski definition) is 1. The molecule has 1 aromatic rings. The molecule has 1 N–H and O–H groups in total. The first-order valence-electron chi connectivity index (χ1n) is 6.04. The van der Waals surface area contributed by atoms with Gasteiger partial charge in [0.05, 0.1) is 6.54 Å². The number of carbonyl (C=O) groups excluding carboxylic acids is 1. The highest BCUT2D eigenvalue weighted by Gasteiger charge is 2.27. The first-order chi connectivity index (χ1) is 8.61. The summed E-state index contributed by atoms with van der Waals surface area (Å²) in [5.74, 6) is 2.75. The lowest BCUT2D eigenvalue weighted by Gasteiger charge is -2.19. The van der Waals surface area contributed by atoms with Crippen molar-refractivity contribution in [3.63, 3.8) is 0 Å². The van der Waals surface area contributed by atoms with Crippen molar-refractivity contribution in [3.8, 4) is 12.3 Å². The summed E-state index contributed by atoms with van der Waals surface area (Å²) in [6.45, 7) is 2.68. The fourth-order valence-electron chi connectivity index (χ4n) is 1.85. The highest BCUT2D eigenvalue weighted by Crippen LogP contribution is 2.29. The average Bonchev–Trinajstić information content (AvgIpc) is 3.11. The fourth-order valence-corrected chi connectivity index (χ4v) is 1.85. The van der Waals surface area contributed by atoms with E-state index in [2.05, 4.69) is 10.9 Å². The van der Waals surface area contributed by atoms with Gasteiger partial charge in [-0.2, -0.15) is 0 Å². The van der Waals surface area contributed by atoms with Gasteiger partial charge in [-0.1, -0.05) is 5.92 Å². The minimum Gasteiger partial charge on any atom is -0.327 e. The lowest BCUT2D eigenvalue weighted by Crippen LogP contribution is -2.36. The monoisotopic (exact) mass is 244 g/mol. The van der Waals surface area contributed by atoms with Crippen LogP contribution < -0.4 is 5.56 Å². The average molecular weight is 244 g/mol. The molecule has 1 saturated carbocycles. The van der Waals surface area contributed by atoms with E-state index in [1.54, 1.807) is 24.0 Å². The molecular weight excluding hydrogens is 228 g/mol. The van der Waals surface area contributed by atoms with Crippen LogP contribution in [-0.4, -0.2) is 28.9 Å². The zero-order valence-corrected chi connectivity index (χ0v) is 10.4. The number of amides is 1. The number of aryl methyl sites for hydroxylation is 1. The van der Waals surface area contributed by atoms with E-state index in [1.165, 1.54) is 0 Å². The Morgan fingerprint density at radius 1 is 1.56 bits per heavy atom. The number of rotatable bonds is 4. The Morgan fingerprint density at radius 3 is 2.83 bits per heavy atom. The first-order valence-corrected chi connectivity index (χ1v) is 6.04. The van der Waals surface area contributed by atoms with Crippen LogP contribution >= 0.6 is 0 Å². The number of nitrogens with one attached hydrogen (secondary N) is 1. The van der Waals surface area contributed by atoms with E-state index in [0.717, 1.165) is 18.5 Å². The third-order valence-electron chi connectivity index (χ3n) is 3.03. The van der Waals surface area contributed by atoms with Crippen LogP contribution in [0.1, 0.15) is 28.9 Å². The van der Waals surface area contributed by atoms with Crippen molar-refractivity contribution in [2.75, 3.05) is 13.1 Å². The first kappa shape index (κ1) is 12.4. The summed E-state index contributed by atoms with van der Waals surface area (Å²) < 4.78 is 0. The smallest absolute Gasteiger partial charge is 0.260 e. The van der Waals surface area contributed by atoms with Crippen LogP contribution in [0.3, 0.4) is 0 Å². The fraction of sp³-hybridized carbons (Fsp3) is 0.429. The summed E-state index contributed by atoms with van der Waals surface area (Å²) in [6.07, 6.45) is 7.55. The molecule has 1 aliphatic carbocycles. The minimum atomic E-state index is -0.349. The molecule has 0 atom stereocenters. The summed E-state index contributed by atoms with van der Waals surface area (Å²) >= 11 is 0. The second kappa shape index (κ2) is 5.09. The van der Waals surface area contributed by atoms with E-state index >= 15 is 0 Å². The molecule has 94 valence electrons. The van der Waals surface area contributed by atoms with Gasteiger partial charge in [-0.3, -0.25) is 9.59 Å². The molecule has 0 aliphatic heterocycles. The number of aromatic amines is 1. The van der Waals surface area contributed by atoms with Crippen molar-refractivity contribution in [2.45, 2.75) is 19.8 Å². The Balaban J connectivity index is 2.21. The SMILES string of the molecule is C#CCN(CC1CC1)C(=O)c1ccc(C)[nH]c1=O. The van der Waals surface area contributed by atoms with Gasteiger partial charge in [0.15, 0.2) is 0 Å². The Bertz CT molecular complexity index is 550. The molecule has 4 nitrogen and oxygen atoms in total. The molecule has 1 aliphatic rings. The molecule has 2 rings (SSSR count). The van der Waals surface area contributed by atoms with Crippen molar-refractivity contribution >= 4 is 5.91 Å². The maximum Gasteiger partial charge on any atom is 0.260 e. The second-order valence-electron chi connectivity index (χ2n) is 4.72. The number of carbonyl (C=O) groups is 1. The molecule has 0 unspecified atom stereocenters. The zero-order chi connectivity index (χ0) is 13.1. The molecule has 0 bridgehead atoms. The van der Waals surface area contributed by atoms with Crippen LogP contribution in [0.5, 0.6) is 0 Å². The molecule has 1 fully saturated rings. The molecular formula is C14H16N2O2. The molecule has 0 saturated heterocycles. The summed E-state index contributed by atoms with van der Waals surface area (Å²) in [5, 5.41) is 0. The van der Waals surface area contributed by atoms with Crippen LogP contribution in [0.2, 0.25) is 0 Å². The predicted octanol–water partition coefficient (Wildman–Crippen LogP) is 1.17. The van der Waals surface area contributed by atoms with Gasteiger partial charge in [0, 0.05) is 12.2 Å². The van der Waals surface area contributed by atoms with Crippen molar-refractivity contribution in [1.82, 2.24) is 9.88 Å². The molecule has 4 heteroatoms. The molecule has 0 spiro atoms. The van der Waals surface area contributed by atoms with Crippen molar-refractivity contribution in [1.29, 1.82) is 0 Å². The Labute approximate surface area is 106 Å². The summed E-state index contributed by atoms with van der Waals surface area (Å²) in [6, 6.07) is 3.28. The molecule has 18 heavy (non-hydrogen) atoms. The van der Waals surface area contributed by atoms with Crippen molar-refractivity contribution in [2.24, 2.45) is 5.92 Å². The van der Waals surface area contributed by atoms with E-state index in [1.807, 2.05) is 0 Å². The van der Waals surface area contributed by atoms with Gasteiger partial charge in [0.25, 0.3) is 11.5 Å². The molecule has 1 aromatic heterocycles. The Hall–Kier alpha value is -2.02. The third kappa shape index (κ3) is 2.80. The van der Waals surface area contributed by atoms with Crippen LogP contribution in [0.4, 0.5) is 0 Å². The predicted molar refractivity (Wildman–Crippen MR) is 69.3 cm³/mol. The third-order valence-corrected chi connectivity index (χ3v) is 3.03. The van der Waals surface area contributed by atoms with Gasteiger partial charge >= 0.3 is 0 Å². The quantitative estimate of drug-likeness (QED) is 0.808. The number of hydrogen-bond acceptors (Lipinski definition) is 2. The van der Waals surface area contributed by atoms with Gasteiger partial charge in [-0.25, -0.2) is 0 Å². The van der Waals surface area contributed by atoms with Crippen LogP contribution in [0.15, 0.2) is 16.9 Å². The topological polar surface area (TPSA) is 53.2 Å². The summed E-state index contributed by atoms with van der Waals surface area (Å²) in [5.41, 5.74) is 0.552. The standard InChI is InChI=1S/C14H16N2O2/c1-3-8-16(9-11-5-6-11)14(18)12-7-4-10(2)15-13(12)17/h1,4,7,11H,5-6,8-9H2,2H3,(H,15,17). The maximum atomic E-state index is 12.2. The normalized spacial score (nSPS) is 14.0. The van der Waals surface area contributed by atoms with E-state index < -0.39 is 0 Å². The van der Waals surface area contributed by atoms with Gasteiger partial charge in [0.2, 0.25) is 0 Å². The molecule has 1 heterocycles. The van der Waals surface area contributed by atoms with Gasteiger partial charge in [0.1, 0.15) is 5.56 Å². The highest BCUT2D eigenvalue weighted by molar-refractivity contribution is 5.94. The Morgan fingerprint density at radius 2 is 2.28 bits per heavy atom. The largest absolute Gasteiger partial charge is 0.327 e. The molecule has 1 amide bonds. The number of aromatic nitrogens is 1.